The number of benzene rings is 2. The van der Waals surface area contributed by atoms with Gasteiger partial charge in [0.15, 0.2) is 0 Å². The highest BCUT2D eigenvalue weighted by Gasteiger charge is 2.04. The molecule has 0 fully saturated rings. The van der Waals surface area contributed by atoms with Crippen LogP contribution in [0.2, 0.25) is 5.02 Å². The second kappa shape index (κ2) is 7.70. The van der Waals surface area contributed by atoms with Crippen LogP contribution in [0.3, 0.4) is 0 Å². The number of hydrogen-bond acceptors (Lipinski definition) is 2. The van der Waals surface area contributed by atoms with E-state index in [0.717, 1.165) is 17.0 Å². The Balaban J connectivity index is 1.84. The second-order valence-corrected chi connectivity index (χ2v) is 5.07. The number of rotatable bonds is 6. The molecule has 4 heteroatoms. The Morgan fingerprint density at radius 1 is 1.19 bits per heavy atom. The summed E-state index contributed by atoms with van der Waals surface area (Å²) in [5.74, 6) is 0.786. The summed E-state index contributed by atoms with van der Waals surface area (Å²) < 4.78 is 5.36. The highest BCUT2D eigenvalue weighted by Crippen LogP contribution is 2.16. The Labute approximate surface area is 129 Å². The fourth-order valence-corrected chi connectivity index (χ4v) is 2.19. The standard InChI is InChI=1S/C17H18ClNO2/c1-2-21-16-9-7-15(8-10-16)19-17(20)11-6-13-4-3-5-14(18)12-13/h3-5,7-10,12H,2,6,11H2,1H3,(H,19,20). The number of amides is 1. The number of carbonyl (C=O) groups excluding carboxylic acids is 1. The molecule has 0 bridgehead atoms. The van der Waals surface area contributed by atoms with Crippen molar-refractivity contribution in [1.29, 1.82) is 0 Å². The van der Waals surface area contributed by atoms with Crippen LogP contribution in [0.15, 0.2) is 48.5 Å². The van der Waals surface area contributed by atoms with Gasteiger partial charge in [-0.05, 0) is 55.3 Å². The molecule has 0 aromatic heterocycles. The van der Waals surface area contributed by atoms with Gasteiger partial charge < -0.3 is 10.1 Å². The molecule has 0 spiro atoms. The fraction of sp³-hybridized carbons (Fsp3) is 0.235. The van der Waals surface area contributed by atoms with Crippen molar-refractivity contribution in [2.24, 2.45) is 0 Å². The number of nitrogens with one attached hydrogen (secondary N) is 1. The number of halogens is 1. The zero-order valence-electron chi connectivity index (χ0n) is 11.9. The number of carbonyl (C=O) groups is 1. The molecule has 2 aromatic carbocycles. The normalized spacial score (nSPS) is 10.2. The van der Waals surface area contributed by atoms with E-state index >= 15 is 0 Å². The van der Waals surface area contributed by atoms with Gasteiger partial charge in [-0.3, -0.25) is 4.79 Å². The minimum atomic E-state index is -0.0147. The molecule has 2 rings (SSSR count). The van der Waals surface area contributed by atoms with E-state index in [0.29, 0.717) is 24.5 Å². The second-order valence-electron chi connectivity index (χ2n) is 4.64. The molecule has 0 unspecified atom stereocenters. The summed E-state index contributed by atoms with van der Waals surface area (Å²) in [6.45, 7) is 2.57. The first-order valence-electron chi connectivity index (χ1n) is 6.94. The van der Waals surface area contributed by atoms with Gasteiger partial charge in [0.25, 0.3) is 0 Å². The molecule has 0 radical (unpaired) electrons. The van der Waals surface area contributed by atoms with Crippen molar-refractivity contribution in [2.75, 3.05) is 11.9 Å². The lowest BCUT2D eigenvalue weighted by Crippen LogP contribution is -2.12. The Hall–Kier alpha value is -2.00. The Morgan fingerprint density at radius 2 is 1.95 bits per heavy atom. The van der Waals surface area contributed by atoms with Crippen LogP contribution >= 0.6 is 11.6 Å². The first-order chi connectivity index (χ1) is 10.2. The maximum Gasteiger partial charge on any atom is 0.224 e. The molecular formula is C17H18ClNO2. The molecule has 0 aliphatic rings. The van der Waals surface area contributed by atoms with E-state index in [1.54, 1.807) is 0 Å². The average molecular weight is 304 g/mol. The van der Waals surface area contributed by atoms with Crippen LogP contribution in [0.5, 0.6) is 5.75 Å². The molecule has 0 aliphatic heterocycles. The van der Waals surface area contributed by atoms with Crippen molar-refractivity contribution in [3.05, 3.63) is 59.1 Å². The lowest BCUT2D eigenvalue weighted by atomic mass is 10.1. The summed E-state index contributed by atoms with van der Waals surface area (Å²) in [4.78, 5) is 11.9. The van der Waals surface area contributed by atoms with Gasteiger partial charge in [-0.15, -0.1) is 0 Å². The SMILES string of the molecule is CCOc1ccc(NC(=O)CCc2cccc(Cl)c2)cc1. The molecule has 3 nitrogen and oxygen atoms in total. The first-order valence-corrected chi connectivity index (χ1v) is 7.32. The number of aryl methyl sites for hydroxylation is 1. The van der Waals surface area contributed by atoms with Gasteiger partial charge in [0.2, 0.25) is 5.91 Å². The molecule has 2 aromatic rings. The molecule has 110 valence electrons. The molecule has 1 N–H and O–H groups in total. The number of ether oxygens (including phenoxy) is 1. The molecule has 0 aliphatic carbocycles. The number of anilines is 1. The van der Waals surface area contributed by atoms with E-state index in [1.165, 1.54) is 0 Å². The quantitative estimate of drug-likeness (QED) is 0.863. The topological polar surface area (TPSA) is 38.3 Å². The Bertz CT molecular complexity index is 596. The van der Waals surface area contributed by atoms with Gasteiger partial charge in [-0.25, -0.2) is 0 Å². The molecule has 0 saturated carbocycles. The van der Waals surface area contributed by atoms with Gasteiger partial charge in [-0.2, -0.15) is 0 Å². The predicted octanol–water partition coefficient (Wildman–Crippen LogP) is 4.31. The lowest BCUT2D eigenvalue weighted by Gasteiger charge is -2.07. The minimum Gasteiger partial charge on any atom is -0.494 e. The van der Waals surface area contributed by atoms with E-state index in [4.69, 9.17) is 16.3 Å². The predicted molar refractivity (Wildman–Crippen MR) is 86.0 cm³/mol. The van der Waals surface area contributed by atoms with Crippen LogP contribution in [0, 0.1) is 0 Å². The summed E-state index contributed by atoms with van der Waals surface area (Å²) in [5.41, 5.74) is 1.83. The summed E-state index contributed by atoms with van der Waals surface area (Å²) in [7, 11) is 0. The third-order valence-corrected chi connectivity index (χ3v) is 3.21. The van der Waals surface area contributed by atoms with Crippen LogP contribution in [-0.4, -0.2) is 12.5 Å². The third-order valence-electron chi connectivity index (χ3n) is 2.98. The van der Waals surface area contributed by atoms with Crippen LogP contribution in [0.4, 0.5) is 5.69 Å². The van der Waals surface area contributed by atoms with Crippen molar-refractivity contribution in [3.63, 3.8) is 0 Å². The molecule has 1 amide bonds. The van der Waals surface area contributed by atoms with Crippen LogP contribution < -0.4 is 10.1 Å². The van der Waals surface area contributed by atoms with E-state index in [2.05, 4.69) is 5.32 Å². The van der Waals surface area contributed by atoms with E-state index in [1.807, 2.05) is 55.5 Å². The van der Waals surface area contributed by atoms with Gasteiger partial charge in [-0.1, -0.05) is 23.7 Å². The van der Waals surface area contributed by atoms with E-state index in [-0.39, 0.29) is 5.91 Å². The van der Waals surface area contributed by atoms with Crippen LogP contribution in [-0.2, 0) is 11.2 Å². The van der Waals surface area contributed by atoms with Gasteiger partial charge in [0, 0.05) is 17.1 Å². The maximum atomic E-state index is 11.9. The smallest absolute Gasteiger partial charge is 0.224 e. The molecule has 0 saturated heterocycles. The van der Waals surface area contributed by atoms with Crippen molar-refractivity contribution >= 4 is 23.2 Å². The third kappa shape index (κ3) is 5.12. The maximum absolute atomic E-state index is 11.9. The van der Waals surface area contributed by atoms with E-state index in [9.17, 15) is 4.79 Å². The van der Waals surface area contributed by atoms with Crippen LogP contribution in [0.25, 0.3) is 0 Å². The summed E-state index contributed by atoms with van der Waals surface area (Å²) in [6.07, 6.45) is 1.09. The monoisotopic (exact) mass is 303 g/mol. The Morgan fingerprint density at radius 3 is 2.62 bits per heavy atom. The van der Waals surface area contributed by atoms with Crippen molar-refractivity contribution < 1.29 is 9.53 Å². The van der Waals surface area contributed by atoms with Gasteiger partial charge in [0.1, 0.15) is 5.75 Å². The summed E-state index contributed by atoms with van der Waals surface area (Å²) >= 11 is 5.92. The van der Waals surface area contributed by atoms with Crippen LogP contribution in [0.1, 0.15) is 18.9 Å². The molecule has 0 atom stereocenters. The van der Waals surface area contributed by atoms with Crippen molar-refractivity contribution in [1.82, 2.24) is 0 Å². The van der Waals surface area contributed by atoms with E-state index < -0.39 is 0 Å². The summed E-state index contributed by atoms with van der Waals surface area (Å²) in [5, 5.41) is 3.56. The summed E-state index contributed by atoms with van der Waals surface area (Å²) in [6, 6.07) is 14.9. The Kier molecular flexibility index (Phi) is 5.64. The lowest BCUT2D eigenvalue weighted by molar-refractivity contribution is -0.116. The van der Waals surface area contributed by atoms with Gasteiger partial charge in [0.05, 0.1) is 6.61 Å². The highest BCUT2D eigenvalue weighted by molar-refractivity contribution is 6.30. The van der Waals surface area contributed by atoms with Gasteiger partial charge >= 0.3 is 0 Å². The first kappa shape index (κ1) is 15.4. The molecule has 21 heavy (non-hydrogen) atoms. The van der Waals surface area contributed by atoms with Crippen molar-refractivity contribution in [2.45, 2.75) is 19.8 Å². The average Bonchev–Trinajstić information content (AvgIpc) is 2.48. The number of hydrogen-bond donors (Lipinski definition) is 1. The fourth-order valence-electron chi connectivity index (χ4n) is 1.97. The van der Waals surface area contributed by atoms with Crippen molar-refractivity contribution in [3.8, 4) is 5.75 Å². The molecule has 0 heterocycles. The highest BCUT2D eigenvalue weighted by atomic mass is 35.5. The molecular weight excluding hydrogens is 286 g/mol. The largest absolute Gasteiger partial charge is 0.494 e. The zero-order chi connectivity index (χ0) is 15.1. The minimum absolute atomic E-state index is 0.0147. The zero-order valence-corrected chi connectivity index (χ0v) is 12.7.